The number of amides is 2. The molecule has 1 aromatic heterocycles. The van der Waals surface area contributed by atoms with Crippen molar-refractivity contribution in [3.8, 4) is 11.4 Å². The number of allylic oxidation sites excluding steroid dienone is 2. The van der Waals surface area contributed by atoms with Crippen molar-refractivity contribution in [3.05, 3.63) is 117 Å². The normalized spacial score (nSPS) is 18.8. The third kappa shape index (κ3) is 9.23. The van der Waals surface area contributed by atoms with Crippen LogP contribution in [-0.2, 0) is 11.3 Å². The third-order valence-electron chi connectivity index (χ3n) is 10.4. The molecule has 10 heteroatoms. The van der Waals surface area contributed by atoms with Gasteiger partial charge < -0.3 is 15.3 Å². The quantitative estimate of drug-likeness (QED) is 0.159. The van der Waals surface area contributed by atoms with E-state index in [1.165, 1.54) is 61.1 Å². The van der Waals surface area contributed by atoms with Gasteiger partial charge in [0.05, 0.1) is 10.0 Å². The number of aliphatic carboxylic acids is 1. The number of carboxylic acid groups (broad SMARTS) is 1. The Balaban J connectivity index is 1.05. The molecule has 2 N–H and O–H groups in total. The Bertz CT molecular complexity index is 1890. The maximum Gasteiger partial charge on any atom is 0.323 e. The molecule has 6 rings (SSSR count). The molecule has 2 aliphatic rings. The molecule has 1 atom stereocenters. The highest BCUT2D eigenvalue weighted by molar-refractivity contribution is 6.42. The lowest BCUT2D eigenvalue weighted by molar-refractivity contribution is -0.137. The van der Waals surface area contributed by atoms with E-state index in [0.29, 0.717) is 22.1 Å². The molecule has 2 aliphatic carbocycles. The van der Waals surface area contributed by atoms with Crippen molar-refractivity contribution in [2.45, 2.75) is 64.8 Å². The van der Waals surface area contributed by atoms with Gasteiger partial charge in [0.1, 0.15) is 6.54 Å². The maximum atomic E-state index is 13.4. The fourth-order valence-corrected chi connectivity index (χ4v) is 7.62. The monoisotopic (exact) mass is 724 g/mol. The van der Waals surface area contributed by atoms with Gasteiger partial charge in [-0.3, -0.25) is 14.4 Å². The minimum Gasteiger partial charge on any atom is -0.480 e. The lowest BCUT2D eigenvalue weighted by atomic mass is 9.71. The summed E-state index contributed by atoms with van der Waals surface area (Å²) in [6, 6.07) is 18.3. The number of carbonyl (C=O) groups excluding carboxylic acids is 2. The summed E-state index contributed by atoms with van der Waals surface area (Å²) in [7, 11) is 0. The number of rotatable bonds is 11. The number of halogens is 2. The fourth-order valence-electron chi connectivity index (χ4n) is 7.32. The van der Waals surface area contributed by atoms with E-state index in [9.17, 15) is 19.5 Å². The Labute approximate surface area is 308 Å². The molecular formula is C41H42Cl2N4O4. The summed E-state index contributed by atoms with van der Waals surface area (Å²) in [4.78, 5) is 48.3. The number of anilines is 1. The molecule has 1 unspecified atom stereocenters. The number of hydrogen-bond donors (Lipinski definition) is 2. The summed E-state index contributed by atoms with van der Waals surface area (Å²) in [5.74, 6) is 1.25. The van der Waals surface area contributed by atoms with Gasteiger partial charge in [-0.25, -0.2) is 9.97 Å². The van der Waals surface area contributed by atoms with Crippen LogP contribution in [0, 0.1) is 17.8 Å². The van der Waals surface area contributed by atoms with Crippen LogP contribution in [0.1, 0.15) is 90.1 Å². The minimum absolute atomic E-state index is 0.0935. The summed E-state index contributed by atoms with van der Waals surface area (Å²) in [6.45, 7) is 1.94. The number of carboxylic acids is 1. The van der Waals surface area contributed by atoms with Crippen LogP contribution in [0.4, 0.5) is 5.69 Å². The number of aromatic nitrogens is 2. The molecule has 3 aromatic carbocycles. The molecule has 0 aliphatic heterocycles. The molecule has 0 radical (unpaired) electrons. The van der Waals surface area contributed by atoms with Crippen LogP contribution in [0.15, 0.2) is 85.2 Å². The molecule has 0 saturated heterocycles. The van der Waals surface area contributed by atoms with Crippen molar-refractivity contribution in [3.63, 3.8) is 0 Å². The standard InChI is InChI=1S/C41H42Cl2N4O4/c1-2-26-3-7-28(8-4-26)29-11-13-30(14-12-29)34-22-44-39(45-23-34)31-9-5-27(6-10-31)24-47(25-38(48)49)41(51)32-15-18-35(19-16-32)46-40(50)33-17-20-36(42)37(43)21-33/h5-6,9-10,13,15-23,26,28-29H,2-4,7-8,11-12,14,24-25H2,1H3,(H,46,50)(H,48,49). The molecule has 0 spiro atoms. The first-order valence-electron chi connectivity index (χ1n) is 17.6. The van der Waals surface area contributed by atoms with Gasteiger partial charge in [0, 0.05) is 46.9 Å². The minimum atomic E-state index is -1.12. The van der Waals surface area contributed by atoms with Crippen LogP contribution >= 0.6 is 23.2 Å². The lowest BCUT2D eigenvalue weighted by Gasteiger charge is -2.35. The first kappa shape index (κ1) is 36.3. The Morgan fingerprint density at radius 1 is 0.824 bits per heavy atom. The highest BCUT2D eigenvalue weighted by Gasteiger charge is 2.28. The average Bonchev–Trinajstić information content (AvgIpc) is 3.16. The zero-order valence-corrected chi connectivity index (χ0v) is 30.2. The van der Waals surface area contributed by atoms with Crippen molar-refractivity contribution >= 4 is 52.2 Å². The number of hydrogen-bond acceptors (Lipinski definition) is 5. The van der Waals surface area contributed by atoms with E-state index in [4.69, 9.17) is 23.2 Å². The van der Waals surface area contributed by atoms with Crippen molar-refractivity contribution < 1.29 is 19.5 Å². The Hall–Kier alpha value is -4.53. The van der Waals surface area contributed by atoms with Gasteiger partial charge in [0.15, 0.2) is 5.82 Å². The van der Waals surface area contributed by atoms with Gasteiger partial charge in [-0.15, -0.1) is 0 Å². The van der Waals surface area contributed by atoms with Gasteiger partial charge in [0.2, 0.25) is 0 Å². The Morgan fingerprint density at radius 3 is 2.12 bits per heavy atom. The molecule has 51 heavy (non-hydrogen) atoms. The van der Waals surface area contributed by atoms with Crippen LogP contribution in [0.3, 0.4) is 0 Å². The third-order valence-corrected chi connectivity index (χ3v) is 11.1. The van der Waals surface area contributed by atoms with Gasteiger partial charge in [-0.05, 0) is 103 Å². The van der Waals surface area contributed by atoms with Crippen LogP contribution in [0.2, 0.25) is 10.0 Å². The fraction of sp³-hybridized carbons (Fsp3) is 0.341. The zero-order valence-electron chi connectivity index (χ0n) is 28.7. The SMILES string of the molecule is CCC1CCC(C2CC=C(c3cnc(-c4ccc(CN(CC(=O)O)C(=O)c5ccc(NC(=O)c6ccc(Cl)c(Cl)c6)cc5)cc4)nc3)CC2)CC1. The smallest absolute Gasteiger partial charge is 0.323 e. The van der Waals surface area contributed by atoms with Crippen LogP contribution in [0.5, 0.6) is 0 Å². The summed E-state index contributed by atoms with van der Waals surface area (Å²) in [6.07, 6.45) is 16.6. The van der Waals surface area contributed by atoms with Crippen LogP contribution in [0.25, 0.3) is 17.0 Å². The highest BCUT2D eigenvalue weighted by atomic mass is 35.5. The number of nitrogens with zero attached hydrogens (tertiary/aromatic N) is 3. The van der Waals surface area contributed by atoms with Crippen molar-refractivity contribution in [2.24, 2.45) is 17.8 Å². The first-order chi connectivity index (χ1) is 24.7. The second-order valence-electron chi connectivity index (χ2n) is 13.7. The molecule has 1 fully saturated rings. The molecule has 1 heterocycles. The molecule has 264 valence electrons. The summed E-state index contributed by atoms with van der Waals surface area (Å²) in [5.41, 5.74) is 5.09. The van der Waals surface area contributed by atoms with E-state index in [0.717, 1.165) is 47.3 Å². The van der Waals surface area contributed by atoms with Gasteiger partial charge in [0.25, 0.3) is 11.8 Å². The number of carbonyl (C=O) groups is 3. The van der Waals surface area contributed by atoms with Crippen LogP contribution in [-0.4, -0.2) is 44.3 Å². The summed E-state index contributed by atoms with van der Waals surface area (Å²) >= 11 is 12.0. The average molecular weight is 726 g/mol. The zero-order chi connectivity index (χ0) is 35.9. The van der Waals surface area contributed by atoms with Gasteiger partial charge >= 0.3 is 5.97 Å². The molecule has 2 amide bonds. The van der Waals surface area contributed by atoms with Gasteiger partial charge in [-0.2, -0.15) is 0 Å². The van der Waals surface area contributed by atoms with Gasteiger partial charge in [-0.1, -0.05) is 79.7 Å². The maximum absolute atomic E-state index is 13.4. The van der Waals surface area contributed by atoms with Crippen molar-refractivity contribution in [2.75, 3.05) is 11.9 Å². The van der Waals surface area contributed by atoms with E-state index >= 15 is 0 Å². The van der Waals surface area contributed by atoms with E-state index < -0.39 is 18.4 Å². The van der Waals surface area contributed by atoms with Crippen molar-refractivity contribution in [1.82, 2.24) is 14.9 Å². The van der Waals surface area contributed by atoms with E-state index in [1.54, 1.807) is 30.3 Å². The van der Waals surface area contributed by atoms with Crippen LogP contribution < -0.4 is 5.32 Å². The van der Waals surface area contributed by atoms with Crippen molar-refractivity contribution in [1.29, 1.82) is 0 Å². The van der Waals surface area contributed by atoms with E-state index in [2.05, 4.69) is 28.3 Å². The van der Waals surface area contributed by atoms with E-state index in [1.807, 2.05) is 36.7 Å². The summed E-state index contributed by atoms with van der Waals surface area (Å²) < 4.78 is 0. The molecule has 0 bridgehead atoms. The highest BCUT2D eigenvalue weighted by Crippen LogP contribution is 2.41. The second-order valence-corrected chi connectivity index (χ2v) is 14.5. The molecule has 8 nitrogen and oxygen atoms in total. The lowest BCUT2D eigenvalue weighted by Crippen LogP contribution is -2.35. The predicted molar refractivity (Wildman–Crippen MR) is 202 cm³/mol. The topological polar surface area (TPSA) is 112 Å². The Kier molecular flexibility index (Phi) is 11.8. The Morgan fingerprint density at radius 2 is 1.51 bits per heavy atom. The summed E-state index contributed by atoms with van der Waals surface area (Å²) in [5, 5.41) is 12.9. The second kappa shape index (κ2) is 16.7. The molecular weight excluding hydrogens is 683 g/mol. The predicted octanol–water partition coefficient (Wildman–Crippen LogP) is 9.83. The molecule has 1 saturated carbocycles. The number of nitrogens with one attached hydrogen (secondary N) is 1. The largest absolute Gasteiger partial charge is 0.480 e. The molecule has 4 aromatic rings. The first-order valence-corrected chi connectivity index (χ1v) is 18.4. The number of benzene rings is 3. The van der Waals surface area contributed by atoms with E-state index in [-0.39, 0.29) is 23.0 Å².